The second kappa shape index (κ2) is 8.78. The van der Waals surface area contributed by atoms with Gasteiger partial charge in [0.1, 0.15) is 24.7 Å². The van der Waals surface area contributed by atoms with Crippen LogP contribution in [0.2, 0.25) is 0 Å². The zero-order chi connectivity index (χ0) is 13.2. The van der Waals surface area contributed by atoms with E-state index in [1.807, 2.05) is 31.2 Å². The minimum absolute atomic E-state index is 0.568. The molecule has 0 amide bonds. The Balaban J connectivity index is 2.16. The van der Waals surface area contributed by atoms with Crippen molar-refractivity contribution in [1.29, 1.82) is 0 Å². The Morgan fingerprint density at radius 1 is 1.00 bits per heavy atom. The summed E-state index contributed by atoms with van der Waals surface area (Å²) in [5.41, 5.74) is 0. The molecule has 0 bridgehead atoms. The van der Waals surface area contributed by atoms with Crippen molar-refractivity contribution in [2.75, 3.05) is 47.1 Å². The fraction of sp³-hybridized carbons (Fsp3) is 0.571. The summed E-state index contributed by atoms with van der Waals surface area (Å²) < 4.78 is 16.5. The van der Waals surface area contributed by atoms with E-state index in [2.05, 4.69) is 14.1 Å². The molecule has 1 aromatic carbocycles. The second-order valence-electron chi connectivity index (χ2n) is 4.33. The Labute approximate surface area is 109 Å². The van der Waals surface area contributed by atoms with Crippen molar-refractivity contribution in [3.63, 3.8) is 0 Å². The third kappa shape index (κ3) is 6.47. The summed E-state index contributed by atoms with van der Waals surface area (Å²) in [6.07, 6.45) is 0. The van der Waals surface area contributed by atoms with Gasteiger partial charge in [-0.1, -0.05) is 6.07 Å². The lowest BCUT2D eigenvalue weighted by Crippen LogP contribution is -3.06. The maximum Gasteiger partial charge on any atom is 0.123 e. The van der Waals surface area contributed by atoms with E-state index in [9.17, 15) is 0 Å². The molecule has 0 saturated heterocycles. The normalized spacial score (nSPS) is 10.7. The van der Waals surface area contributed by atoms with Crippen molar-refractivity contribution < 1.29 is 19.1 Å². The third-order valence-electron chi connectivity index (χ3n) is 2.36. The maximum atomic E-state index is 5.59. The highest BCUT2D eigenvalue weighted by Crippen LogP contribution is 2.19. The van der Waals surface area contributed by atoms with E-state index in [-0.39, 0.29) is 0 Å². The van der Waals surface area contributed by atoms with Gasteiger partial charge in [-0.15, -0.1) is 0 Å². The molecule has 4 nitrogen and oxygen atoms in total. The van der Waals surface area contributed by atoms with Crippen LogP contribution in [0.1, 0.15) is 6.92 Å². The summed E-state index contributed by atoms with van der Waals surface area (Å²) in [6, 6.07) is 7.67. The van der Waals surface area contributed by atoms with Gasteiger partial charge in [0, 0.05) is 6.07 Å². The Morgan fingerprint density at radius 3 is 2.39 bits per heavy atom. The Bertz CT molecular complexity index is 329. The number of nitrogens with one attached hydrogen (secondary N) is 1. The minimum Gasteiger partial charge on any atom is -0.494 e. The molecule has 1 N–H and O–H groups in total. The number of rotatable bonds is 9. The van der Waals surface area contributed by atoms with Crippen LogP contribution >= 0.6 is 0 Å². The average molecular weight is 254 g/mol. The largest absolute Gasteiger partial charge is 0.494 e. The van der Waals surface area contributed by atoms with E-state index < -0.39 is 0 Å². The van der Waals surface area contributed by atoms with Gasteiger partial charge in [0.05, 0.1) is 33.9 Å². The van der Waals surface area contributed by atoms with Crippen molar-refractivity contribution in [3.05, 3.63) is 24.3 Å². The zero-order valence-corrected chi connectivity index (χ0v) is 11.6. The highest BCUT2D eigenvalue weighted by atomic mass is 16.5. The number of hydrogen-bond acceptors (Lipinski definition) is 3. The molecule has 4 heteroatoms. The molecule has 0 heterocycles. The van der Waals surface area contributed by atoms with Gasteiger partial charge in [-0.2, -0.15) is 0 Å². The molecule has 0 unspecified atom stereocenters. The molecule has 0 aromatic heterocycles. The Morgan fingerprint density at radius 2 is 1.72 bits per heavy atom. The van der Waals surface area contributed by atoms with Gasteiger partial charge in [0.2, 0.25) is 0 Å². The smallest absolute Gasteiger partial charge is 0.123 e. The molecule has 0 fully saturated rings. The second-order valence-corrected chi connectivity index (χ2v) is 4.33. The molecular weight excluding hydrogens is 230 g/mol. The Kier molecular flexibility index (Phi) is 7.22. The molecule has 18 heavy (non-hydrogen) atoms. The standard InChI is InChI=1S/C14H23NO3/c1-4-17-13-6-5-7-14(12-13)18-11-10-16-9-8-15(2)3/h5-7,12H,4,8-11H2,1-3H3/p+1. The van der Waals surface area contributed by atoms with Gasteiger partial charge < -0.3 is 19.1 Å². The molecule has 0 saturated carbocycles. The molecule has 0 spiro atoms. The van der Waals surface area contributed by atoms with Crippen molar-refractivity contribution in [3.8, 4) is 11.5 Å². The van der Waals surface area contributed by atoms with E-state index in [0.29, 0.717) is 19.8 Å². The van der Waals surface area contributed by atoms with Gasteiger partial charge >= 0.3 is 0 Å². The van der Waals surface area contributed by atoms with Crippen LogP contribution < -0.4 is 14.4 Å². The summed E-state index contributed by atoms with van der Waals surface area (Å²) >= 11 is 0. The molecule has 102 valence electrons. The van der Waals surface area contributed by atoms with Gasteiger partial charge in [0.25, 0.3) is 0 Å². The van der Waals surface area contributed by atoms with Crippen molar-refractivity contribution >= 4 is 0 Å². The highest BCUT2D eigenvalue weighted by Gasteiger charge is 1.98. The number of quaternary nitrogens is 1. The molecular formula is C14H24NO3+. The van der Waals surface area contributed by atoms with Gasteiger partial charge in [-0.25, -0.2) is 0 Å². The van der Waals surface area contributed by atoms with Crippen molar-refractivity contribution in [2.24, 2.45) is 0 Å². The summed E-state index contributed by atoms with van der Waals surface area (Å²) in [6.45, 7) is 5.60. The van der Waals surface area contributed by atoms with E-state index in [1.165, 1.54) is 4.90 Å². The van der Waals surface area contributed by atoms with Gasteiger partial charge in [-0.3, -0.25) is 0 Å². The van der Waals surface area contributed by atoms with E-state index in [0.717, 1.165) is 24.7 Å². The topological polar surface area (TPSA) is 32.1 Å². The van der Waals surface area contributed by atoms with Crippen LogP contribution in [0.4, 0.5) is 0 Å². The molecule has 0 atom stereocenters. The fourth-order valence-corrected chi connectivity index (χ4v) is 1.42. The first-order valence-electron chi connectivity index (χ1n) is 6.44. The van der Waals surface area contributed by atoms with Gasteiger partial charge in [-0.05, 0) is 19.1 Å². The number of benzene rings is 1. The molecule has 0 radical (unpaired) electrons. The number of hydrogen-bond donors (Lipinski definition) is 1. The quantitative estimate of drug-likeness (QED) is 0.656. The first kappa shape index (κ1) is 14.8. The molecule has 1 rings (SSSR count). The van der Waals surface area contributed by atoms with Crippen LogP contribution in [-0.2, 0) is 4.74 Å². The number of likely N-dealkylation sites (N-methyl/N-ethyl adjacent to an activating group) is 1. The monoisotopic (exact) mass is 254 g/mol. The lowest BCUT2D eigenvalue weighted by atomic mass is 10.3. The summed E-state index contributed by atoms with van der Waals surface area (Å²) in [5.74, 6) is 1.66. The SMILES string of the molecule is CCOc1cccc(OCCOCC[NH+](C)C)c1. The highest BCUT2D eigenvalue weighted by molar-refractivity contribution is 5.32. The molecule has 0 aliphatic carbocycles. The molecule has 0 aliphatic rings. The maximum absolute atomic E-state index is 5.59. The summed E-state index contributed by atoms with van der Waals surface area (Å²) in [4.78, 5) is 1.39. The van der Waals surface area contributed by atoms with E-state index >= 15 is 0 Å². The van der Waals surface area contributed by atoms with Crippen molar-refractivity contribution in [1.82, 2.24) is 0 Å². The van der Waals surface area contributed by atoms with Crippen LogP contribution in [0.5, 0.6) is 11.5 Å². The first-order chi connectivity index (χ1) is 8.72. The average Bonchev–Trinajstić information content (AvgIpc) is 2.34. The first-order valence-corrected chi connectivity index (χ1v) is 6.44. The van der Waals surface area contributed by atoms with Crippen LogP contribution in [0.25, 0.3) is 0 Å². The van der Waals surface area contributed by atoms with E-state index in [1.54, 1.807) is 0 Å². The lowest BCUT2D eigenvalue weighted by Gasteiger charge is -2.10. The van der Waals surface area contributed by atoms with Crippen LogP contribution in [0.15, 0.2) is 24.3 Å². The molecule has 1 aromatic rings. The van der Waals surface area contributed by atoms with Crippen LogP contribution in [0, 0.1) is 0 Å². The predicted molar refractivity (Wildman–Crippen MR) is 71.6 cm³/mol. The zero-order valence-electron chi connectivity index (χ0n) is 11.6. The van der Waals surface area contributed by atoms with Crippen LogP contribution in [-0.4, -0.2) is 47.1 Å². The van der Waals surface area contributed by atoms with Crippen molar-refractivity contribution in [2.45, 2.75) is 6.92 Å². The molecule has 0 aliphatic heterocycles. The predicted octanol–water partition coefficient (Wildman–Crippen LogP) is 0.625. The summed E-state index contributed by atoms with van der Waals surface area (Å²) in [5, 5.41) is 0. The Hall–Kier alpha value is -1.26. The summed E-state index contributed by atoms with van der Waals surface area (Å²) in [7, 11) is 4.22. The fourth-order valence-electron chi connectivity index (χ4n) is 1.42. The van der Waals surface area contributed by atoms with Crippen LogP contribution in [0.3, 0.4) is 0 Å². The van der Waals surface area contributed by atoms with Gasteiger partial charge in [0.15, 0.2) is 0 Å². The third-order valence-corrected chi connectivity index (χ3v) is 2.36. The number of ether oxygens (including phenoxy) is 3. The minimum atomic E-state index is 0.568. The lowest BCUT2D eigenvalue weighted by molar-refractivity contribution is -0.858. The van der Waals surface area contributed by atoms with E-state index in [4.69, 9.17) is 14.2 Å².